The molecule has 134 valence electrons. The second-order valence-electron chi connectivity index (χ2n) is 6.33. The number of amides is 3. The SMILES string of the molecule is CNC(=O)c1ccc(NC(=O)NC(C)(C)Cc2ccc(C#N)cc2)nn1. The summed E-state index contributed by atoms with van der Waals surface area (Å²) in [7, 11) is 1.50. The fourth-order valence-corrected chi connectivity index (χ4v) is 2.35. The normalized spacial score (nSPS) is 10.5. The van der Waals surface area contributed by atoms with Crippen LogP contribution < -0.4 is 16.0 Å². The summed E-state index contributed by atoms with van der Waals surface area (Å²) in [6.45, 7) is 3.79. The van der Waals surface area contributed by atoms with E-state index in [1.54, 1.807) is 12.1 Å². The molecular weight excluding hydrogens is 332 g/mol. The van der Waals surface area contributed by atoms with Crippen LogP contribution in [0.15, 0.2) is 36.4 Å². The van der Waals surface area contributed by atoms with Crippen LogP contribution >= 0.6 is 0 Å². The Labute approximate surface area is 151 Å². The lowest BCUT2D eigenvalue weighted by Crippen LogP contribution is -2.47. The summed E-state index contributed by atoms with van der Waals surface area (Å²) in [5, 5.41) is 24.3. The van der Waals surface area contributed by atoms with Crippen molar-refractivity contribution in [1.29, 1.82) is 5.26 Å². The maximum atomic E-state index is 12.2. The Morgan fingerprint density at radius 1 is 1.12 bits per heavy atom. The molecule has 8 nitrogen and oxygen atoms in total. The molecule has 1 aromatic carbocycles. The van der Waals surface area contributed by atoms with Gasteiger partial charge in [0.2, 0.25) is 0 Å². The lowest BCUT2D eigenvalue weighted by molar-refractivity contribution is 0.0957. The van der Waals surface area contributed by atoms with Crippen molar-refractivity contribution in [2.24, 2.45) is 0 Å². The quantitative estimate of drug-likeness (QED) is 0.758. The van der Waals surface area contributed by atoms with E-state index in [4.69, 9.17) is 5.26 Å². The minimum atomic E-state index is -0.520. The Hall–Kier alpha value is -3.47. The molecule has 2 rings (SSSR count). The number of nitrogens with zero attached hydrogens (tertiary/aromatic N) is 3. The number of aromatic nitrogens is 2. The summed E-state index contributed by atoms with van der Waals surface area (Å²) < 4.78 is 0. The lowest BCUT2D eigenvalue weighted by Gasteiger charge is -2.26. The molecule has 1 aromatic heterocycles. The van der Waals surface area contributed by atoms with E-state index in [0.717, 1.165) is 5.56 Å². The molecule has 1 heterocycles. The van der Waals surface area contributed by atoms with Gasteiger partial charge in [0.15, 0.2) is 11.5 Å². The van der Waals surface area contributed by atoms with E-state index in [-0.39, 0.29) is 17.4 Å². The highest BCUT2D eigenvalue weighted by Gasteiger charge is 2.21. The predicted octanol–water partition coefficient (Wildman–Crippen LogP) is 1.85. The predicted molar refractivity (Wildman–Crippen MR) is 96.5 cm³/mol. The third-order valence-electron chi connectivity index (χ3n) is 3.55. The van der Waals surface area contributed by atoms with Gasteiger partial charge in [0, 0.05) is 12.6 Å². The van der Waals surface area contributed by atoms with Crippen LogP contribution in [-0.4, -0.2) is 34.7 Å². The van der Waals surface area contributed by atoms with Gasteiger partial charge in [-0.05, 0) is 50.1 Å². The van der Waals surface area contributed by atoms with Crippen LogP contribution in [0.3, 0.4) is 0 Å². The van der Waals surface area contributed by atoms with Gasteiger partial charge in [0.1, 0.15) is 0 Å². The number of anilines is 1. The fraction of sp³-hybridized carbons (Fsp3) is 0.278. The van der Waals surface area contributed by atoms with E-state index < -0.39 is 11.6 Å². The van der Waals surface area contributed by atoms with Gasteiger partial charge in [0.05, 0.1) is 11.6 Å². The molecule has 0 unspecified atom stereocenters. The van der Waals surface area contributed by atoms with Gasteiger partial charge in [-0.2, -0.15) is 5.26 Å². The molecule has 0 aliphatic carbocycles. The maximum Gasteiger partial charge on any atom is 0.320 e. The first-order chi connectivity index (χ1) is 12.3. The number of carbonyl (C=O) groups is 2. The summed E-state index contributed by atoms with van der Waals surface area (Å²) >= 11 is 0. The van der Waals surface area contributed by atoms with E-state index in [1.165, 1.54) is 19.2 Å². The molecule has 3 amide bonds. The number of nitriles is 1. The first kappa shape index (κ1) is 18.9. The Balaban J connectivity index is 1.94. The van der Waals surface area contributed by atoms with Crippen molar-refractivity contribution in [2.75, 3.05) is 12.4 Å². The topological polar surface area (TPSA) is 120 Å². The van der Waals surface area contributed by atoms with E-state index in [9.17, 15) is 9.59 Å². The second kappa shape index (κ2) is 8.07. The van der Waals surface area contributed by atoms with Crippen LogP contribution in [0.5, 0.6) is 0 Å². The molecule has 8 heteroatoms. The van der Waals surface area contributed by atoms with Crippen molar-refractivity contribution < 1.29 is 9.59 Å². The number of rotatable bonds is 5. The van der Waals surface area contributed by atoms with E-state index in [0.29, 0.717) is 12.0 Å². The first-order valence-electron chi connectivity index (χ1n) is 7.97. The van der Waals surface area contributed by atoms with E-state index in [2.05, 4.69) is 32.2 Å². The standard InChI is InChI=1S/C18H20N6O2/c1-18(2,10-12-4-6-13(11-19)7-5-12)22-17(26)21-15-9-8-14(23-24-15)16(25)20-3/h4-9H,10H2,1-3H3,(H,20,25)(H2,21,22,24,26). The molecule has 0 saturated carbocycles. The van der Waals surface area contributed by atoms with Crippen LogP contribution in [0.1, 0.15) is 35.5 Å². The molecular formula is C18H20N6O2. The summed E-state index contributed by atoms with van der Waals surface area (Å²) in [5.41, 5.74) is 1.24. The van der Waals surface area contributed by atoms with Crippen molar-refractivity contribution in [1.82, 2.24) is 20.8 Å². The van der Waals surface area contributed by atoms with Crippen molar-refractivity contribution >= 4 is 17.8 Å². The molecule has 0 saturated heterocycles. The Morgan fingerprint density at radius 3 is 2.35 bits per heavy atom. The van der Waals surface area contributed by atoms with Gasteiger partial charge in [0.25, 0.3) is 5.91 Å². The van der Waals surface area contributed by atoms with Crippen LogP contribution in [0.25, 0.3) is 0 Å². The monoisotopic (exact) mass is 352 g/mol. The molecule has 0 aliphatic heterocycles. The maximum absolute atomic E-state index is 12.2. The Bertz CT molecular complexity index is 822. The highest BCUT2D eigenvalue weighted by Crippen LogP contribution is 2.14. The molecule has 26 heavy (non-hydrogen) atoms. The molecule has 3 N–H and O–H groups in total. The number of hydrogen-bond acceptors (Lipinski definition) is 5. The number of urea groups is 1. The van der Waals surface area contributed by atoms with Gasteiger partial charge in [-0.25, -0.2) is 4.79 Å². The molecule has 0 spiro atoms. The van der Waals surface area contributed by atoms with Gasteiger partial charge >= 0.3 is 6.03 Å². The highest BCUT2D eigenvalue weighted by atomic mass is 16.2. The average molecular weight is 352 g/mol. The van der Waals surface area contributed by atoms with Gasteiger partial charge in [-0.3, -0.25) is 10.1 Å². The van der Waals surface area contributed by atoms with Crippen LogP contribution in [-0.2, 0) is 6.42 Å². The lowest BCUT2D eigenvalue weighted by atomic mass is 9.94. The first-order valence-corrected chi connectivity index (χ1v) is 7.97. The highest BCUT2D eigenvalue weighted by molar-refractivity contribution is 5.92. The molecule has 0 bridgehead atoms. The molecule has 2 aromatic rings. The van der Waals surface area contributed by atoms with Gasteiger partial charge in [-0.15, -0.1) is 10.2 Å². The minimum Gasteiger partial charge on any atom is -0.354 e. The number of carbonyl (C=O) groups excluding carboxylic acids is 2. The van der Waals surface area contributed by atoms with Crippen LogP contribution in [0, 0.1) is 11.3 Å². The van der Waals surface area contributed by atoms with Crippen molar-refractivity contribution in [2.45, 2.75) is 25.8 Å². The molecule has 0 radical (unpaired) electrons. The number of nitrogens with one attached hydrogen (secondary N) is 3. The van der Waals surface area contributed by atoms with Crippen molar-refractivity contribution in [3.8, 4) is 6.07 Å². The third-order valence-corrected chi connectivity index (χ3v) is 3.55. The largest absolute Gasteiger partial charge is 0.354 e. The smallest absolute Gasteiger partial charge is 0.320 e. The summed E-state index contributed by atoms with van der Waals surface area (Å²) in [6, 6.07) is 11.8. The van der Waals surface area contributed by atoms with E-state index in [1.807, 2.05) is 26.0 Å². The van der Waals surface area contributed by atoms with E-state index >= 15 is 0 Å². The minimum absolute atomic E-state index is 0.166. The summed E-state index contributed by atoms with van der Waals surface area (Å²) in [5.74, 6) is -0.110. The van der Waals surface area contributed by atoms with Crippen LogP contribution in [0.2, 0.25) is 0 Å². The zero-order valence-corrected chi connectivity index (χ0v) is 14.8. The van der Waals surface area contributed by atoms with Crippen molar-refractivity contribution in [3.05, 3.63) is 53.2 Å². The third kappa shape index (κ3) is 5.27. The average Bonchev–Trinajstić information content (AvgIpc) is 2.61. The van der Waals surface area contributed by atoms with Crippen molar-refractivity contribution in [3.63, 3.8) is 0 Å². The molecule has 0 fully saturated rings. The van der Waals surface area contributed by atoms with Gasteiger partial charge < -0.3 is 10.6 Å². The second-order valence-corrected chi connectivity index (χ2v) is 6.33. The molecule has 0 atom stereocenters. The number of benzene rings is 1. The Kier molecular flexibility index (Phi) is 5.86. The summed E-state index contributed by atoms with van der Waals surface area (Å²) in [6.07, 6.45) is 0.591. The summed E-state index contributed by atoms with van der Waals surface area (Å²) in [4.78, 5) is 23.6. The Morgan fingerprint density at radius 2 is 1.81 bits per heavy atom. The van der Waals surface area contributed by atoms with Crippen LogP contribution in [0.4, 0.5) is 10.6 Å². The molecule has 0 aliphatic rings. The fourth-order valence-electron chi connectivity index (χ4n) is 2.35. The number of hydrogen-bond donors (Lipinski definition) is 3. The van der Waals surface area contributed by atoms with Gasteiger partial charge in [-0.1, -0.05) is 12.1 Å². The zero-order chi connectivity index (χ0) is 19.2. The zero-order valence-electron chi connectivity index (χ0n) is 14.8.